The van der Waals surface area contributed by atoms with Gasteiger partial charge in [-0.25, -0.2) is 4.57 Å². The molecule has 3 atom stereocenters. The first kappa shape index (κ1) is 71.0. The SMILES string of the molecule is CCCCC/C=C\C/C=C\CCCCCCCCCCCCCC(=O)OC(/C=C\CCCCCCCCCCC)C(COP(=O)(O)OCC[N+](C)(C)C)NC(=O)CCCCCCCCC/C=C\CCCCCC. The van der Waals surface area contributed by atoms with Crippen molar-refractivity contribution < 1.29 is 37.3 Å². The van der Waals surface area contributed by atoms with Crippen LogP contribution >= 0.6 is 7.82 Å². The summed E-state index contributed by atoms with van der Waals surface area (Å²) in [4.78, 5) is 37.7. The van der Waals surface area contributed by atoms with Crippen LogP contribution in [0.1, 0.15) is 290 Å². The fourth-order valence-electron chi connectivity index (χ4n) is 8.91. The molecule has 0 fully saturated rings. The van der Waals surface area contributed by atoms with Crippen molar-refractivity contribution in [2.45, 2.75) is 303 Å². The number of ether oxygens (including phenoxy) is 1. The van der Waals surface area contributed by atoms with Gasteiger partial charge >= 0.3 is 13.8 Å². The summed E-state index contributed by atoms with van der Waals surface area (Å²) in [6.45, 7) is 6.98. The summed E-state index contributed by atoms with van der Waals surface area (Å²) in [5.74, 6) is -0.506. The van der Waals surface area contributed by atoms with Crippen molar-refractivity contribution in [3.63, 3.8) is 0 Å². The van der Waals surface area contributed by atoms with Crippen LogP contribution in [0.5, 0.6) is 0 Å². The summed E-state index contributed by atoms with van der Waals surface area (Å²) in [5.41, 5.74) is 0. The van der Waals surface area contributed by atoms with Gasteiger partial charge in [0.05, 0.1) is 33.8 Å². The highest BCUT2D eigenvalue weighted by Crippen LogP contribution is 2.43. The zero-order valence-electron chi connectivity index (χ0n) is 48.9. The number of phosphoric acid groups is 1. The molecule has 0 aliphatic carbocycles. The van der Waals surface area contributed by atoms with Crippen LogP contribution in [-0.4, -0.2) is 74.3 Å². The van der Waals surface area contributed by atoms with Crippen molar-refractivity contribution in [3.05, 3.63) is 48.6 Å². The van der Waals surface area contributed by atoms with E-state index >= 15 is 0 Å². The largest absolute Gasteiger partial charge is 0.472 e. The van der Waals surface area contributed by atoms with Crippen molar-refractivity contribution in [3.8, 4) is 0 Å². The molecule has 0 aliphatic rings. The van der Waals surface area contributed by atoms with Gasteiger partial charge in [-0.05, 0) is 89.5 Å². The smallest absolute Gasteiger partial charge is 0.456 e. The Hall–Kier alpha value is -2.03. The van der Waals surface area contributed by atoms with Gasteiger partial charge in [0.15, 0.2) is 0 Å². The molecule has 0 aromatic carbocycles. The van der Waals surface area contributed by atoms with E-state index in [9.17, 15) is 19.0 Å². The minimum absolute atomic E-state index is 0.0395. The normalized spacial score (nSPS) is 14.0. The highest BCUT2D eigenvalue weighted by atomic mass is 31.2. The van der Waals surface area contributed by atoms with Crippen molar-refractivity contribution >= 4 is 19.7 Å². The molecule has 0 spiro atoms. The van der Waals surface area contributed by atoms with Crippen LogP contribution in [0, 0.1) is 0 Å². The van der Waals surface area contributed by atoms with E-state index in [-0.39, 0.29) is 31.5 Å². The molecular formula is C63H120N2O7P+. The maximum atomic E-state index is 13.5. The molecule has 3 unspecified atom stereocenters. The summed E-state index contributed by atoms with van der Waals surface area (Å²) < 4.78 is 30.7. The van der Waals surface area contributed by atoms with Gasteiger partial charge in [-0.2, -0.15) is 0 Å². The second-order valence-corrected chi connectivity index (χ2v) is 23.7. The molecule has 1 amide bonds. The minimum Gasteiger partial charge on any atom is -0.456 e. The molecule has 9 nitrogen and oxygen atoms in total. The summed E-state index contributed by atoms with van der Waals surface area (Å²) in [6, 6.07) is -0.849. The van der Waals surface area contributed by atoms with Crippen LogP contribution < -0.4 is 5.32 Å². The van der Waals surface area contributed by atoms with E-state index in [2.05, 4.69) is 62.5 Å². The topological polar surface area (TPSA) is 111 Å². The van der Waals surface area contributed by atoms with Gasteiger partial charge in [0.1, 0.15) is 19.3 Å². The Morgan fingerprint density at radius 1 is 0.479 bits per heavy atom. The van der Waals surface area contributed by atoms with E-state index in [4.69, 9.17) is 13.8 Å². The molecule has 0 heterocycles. The number of esters is 1. The number of hydrogen-bond donors (Lipinski definition) is 2. The second kappa shape index (κ2) is 53.4. The lowest BCUT2D eigenvalue weighted by Gasteiger charge is -2.27. The lowest BCUT2D eigenvalue weighted by atomic mass is 10.0. The van der Waals surface area contributed by atoms with Gasteiger partial charge in [-0.1, -0.05) is 237 Å². The molecule has 2 N–H and O–H groups in total. The monoisotopic (exact) mass is 1050 g/mol. The molecule has 0 aromatic rings. The molecule has 0 radical (unpaired) electrons. The van der Waals surface area contributed by atoms with Crippen LogP contribution in [0.25, 0.3) is 0 Å². The number of amides is 1. The van der Waals surface area contributed by atoms with Gasteiger partial charge in [-0.3, -0.25) is 18.6 Å². The Kier molecular flexibility index (Phi) is 51.9. The maximum Gasteiger partial charge on any atom is 0.472 e. The first-order valence-corrected chi connectivity index (χ1v) is 32.5. The van der Waals surface area contributed by atoms with Gasteiger partial charge < -0.3 is 19.4 Å². The predicted molar refractivity (Wildman–Crippen MR) is 314 cm³/mol. The zero-order valence-corrected chi connectivity index (χ0v) is 49.8. The number of allylic oxidation sites excluding steroid dienone is 7. The third-order valence-electron chi connectivity index (χ3n) is 13.7. The molecular weight excluding hydrogens is 928 g/mol. The molecule has 0 aromatic heterocycles. The van der Waals surface area contributed by atoms with Crippen molar-refractivity contribution in [2.24, 2.45) is 0 Å². The summed E-state index contributed by atoms with van der Waals surface area (Å²) in [5, 5.41) is 3.05. The lowest BCUT2D eigenvalue weighted by molar-refractivity contribution is -0.870. The Bertz CT molecular complexity index is 1390. The minimum atomic E-state index is -4.45. The maximum absolute atomic E-state index is 13.5. The molecule has 0 saturated heterocycles. The highest BCUT2D eigenvalue weighted by molar-refractivity contribution is 7.47. The van der Waals surface area contributed by atoms with Crippen molar-refractivity contribution in [1.82, 2.24) is 5.32 Å². The number of quaternary nitrogens is 1. The predicted octanol–water partition coefficient (Wildman–Crippen LogP) is 18.9. The summed E-state index contributed by atoms with van der Waals surface area (Å²) in [7, 11) is 1.50. The van der Waals surface area contributed by atoms with Gasteiger partial charge in [-0.15, -0.1) is 0 Å². The van der Waals surface area contributed by atoms with E-state index in [0.29, 0.717) is 17.4 Å². The van der Waals surface area contributed by atoms with E-state index in [1.54, 1.807) is 0 Å². The highest BCUT2D eigenvalue weighted by Gasteiger charge is 2.30. The first-order valence-electron chi connectivity index (χ1n) is 31.0. The number of unbranched alkanes of at least 4 members (excludes halogenated alkanes) is 34. The third kappa shape index (κ3) is 54.6. The first-order chi connectivity index (χ1) is 35.4. The van der Waals surface area contributed by atoms with Crippen LogP contribution in [0.2, 0.25) is 0 Å². The van der Waals surface area contributed by atoms with Crippen LogP contribution in [0.3, 0.4) is 0 Å². The van der Waals surface area contributed by atoms with E-state index in [1.807, 2.05) is 33.3 Å². The summed E-state index contributed by atoms with van der Waals surface area (Å²) >= 11 is 0. The van der Waals surface area contributed by atoms with E-state index < -0.39 is 20.0 Å². The van der Waals surface area contributed by atoms with Gasteiger partial charge in [0.25, 0.3) is 0 Å². The van der Waals surface area contributed by atoms with Gasteiger partial charge in [0.2, 0.25) is 5.91 Å². The number of nitrogens with one attached hydrogen (secondary N) is 1. The average molecular weight is 1050 g/mol. The number of rotatable bonds is 56. The Labute approximate surface area is 452 Å². The fourth-order valence-corrected chi connectivity index (χ4v) is 9.64. The quantitative estimate of drug-likeness (QED) is 0.0205. The van der Waals surface area contributed by atoms with E-state index in [0.717, 1.165) is 77.0 Å². The van der Waals surface area contributed by atoms with Crippen molar-refractivity contribution in [1.29, 1.82) is 0 Å². The van der Waals surface area contributed by atoms with E-state index in [1.165, 1.54) is 180 Å². The fraction of sp³-hybridized carbons (Fsp3) is 0.841. The number of nitrogens with zero attached hydrogens (tertiary/aromatic N) is 1. The van der Waals surface area contributed by atoms with Crippen LogP contribution in [-0.2, 0) is 27.9 Å². The molecule has 428 valence electrons. The molecule has 0 aliphatic heterocycles. The average Bonchev–Trinajstić information content (AvgIpc) is 3.35. The molecule has 73 heavy (non-hydrogen) atoms. The standard InChI is InChI=1S/C63H119N2O7P/c1-7-10-13-16-19-22-25-27-29-30-31-32-33-34-36-38-41-44-47-50-53-56-63(67)72-61(54-51-48-45-42-39-24-21-18-15-12-9-3)60(59-71-73(68,69)70-58-57-65(4,5)6)64-62(66)55-52-49-46-43-40-37-35-28-26-23-20-17-14-11-8-2/h19,22-23,26-27,29,51,54,60-61H,7-18,20-21,24-25,28,30-50,52-53,55-59H2,1-6H3,(H-,64,66,68,69)/p+1/b22-19-,26-23-,29-27-,54-51-. The lowest BCUT2D eigenvalue weighted by Crippen LogP contribution is -2.47. The number of carbonyl (C=O) groups excluding carboxylic acids is 2. The zero-order chi connectivity index (χ0) is 53.6. The molecule has 0 rings (SSSR count). The van der Waals surface area contributed by atoms with Crippen LogP contribution in [0.15, 0.2) is 48.6 Å². The molecule has 10 heteroatoms. The van der Waals surface area contributed by atoms with Crippen LogP contribution in [0.4, 0.5) is 0 Å². The van der Waals surface area contributed by atoms with Gasteiger partial charge in [0, 0.05) is 12.8 Å². The number of hydrogen-bond acceptors (Lipinski definition) is 6. The summed E-state index contributed by atoms with van der Waals surface area (Å²) in [6.07, 6.45) is 65.3. The Morgan fingerprint density at radius 3 is 1.29 bits per heavy atom. The molecule has 0 saturated carbocycles. The number of carbonyl (C=O) groups is 2. The second-order valence-electron chi connectivity index (χ2n) is 22.2. The molecule has 0 bridgehead atoms. The Morgan fingerprint density at radius 2 is 0.836 bits per heavy atom. The number of phosphoric ester groups is 1. The Balaban J connectivity index is 5.18. The van der Waals surface area contributed by atoms with Crippen molar-refractivity contribution in [2.75, 3.05) is 40.9 Å². The number of likely N-dealkylation sites (N-methyl/N-ethyl adjacent to an activating group) is 1. The third-order valence-corrected chi connectivity index (χ3v) is 14.7.